The Balaban J connectivity index is 2.95. The van der Waals surface area contributed by atoms with Crippen molar-refractivity contribution in [2.24, 2.45) is 0 Å². The van der Waals surface area contributed by atoms with Gasteiger partial charge in [0, 0.05) is 6.42 Å². The van der Waals surface area contributed by atoms with Gasteiger partial charge in [0.1, 0.15) is 0 Å². The molecule has 0 saturated carbocycles. The summed E-state index contributed by atoms with van der Waals surface area (Å²) in [4.78, 5) is 10.8. The van der Waals surface area contributed by atoms with Crippen molar-refractivity contribution in [2.45, 2.75) is 71.1 Å². The molecule has 0 bridgehead atoms. The lowest BCUT2D eigenvalue weighted by Crippen LogP contribution is -1.95. The van der Waals surface area contributed by atoms with Gasteiger partial charge in [-0.05, 0) is 6.42 Å². The minimum Gasteiger partial charge on any atom is -0.394 e. The molecule has 0 fully saturated rings. The topological polar surface area (TPSA) is 26.3 Å². The molecule has 0 unspecified atom stereocenters. The summed E-state index contributed by atoms with van der Waals surface area (Å²) in [5.41, 5.74) is 0. The van der Waals surface area contributed by atoms with E-state index in [9.17, 15) is 4.79 Å². The van der Waals surface area contributed by atoms with Gasteiger partial charge in [0.25, 0.3) is 0 Å². The van der Waals surface area contributed by atoms with Crippen LogP contribution in [-0.2, 0) is 7.86 Å². The van der Waals surface area contributed by atoms with Crippen molar-refractivity contribution in [1.29, 1.82) is 0 Å². The number of unbranched alkanes of at least 4 members (excludes halogenated alkanes) is 8. The average molecular weight is 326 g/mol. The van der Waals surface area contributed by atoms with Crippen molar-refractivity contribution in [2.75, 3.05) is 0 Å². The number of hydrogen-bond acceptors (Lipinski definition) is 2. The Labute approximate surface area is 108 Å². The number of carbonyl (C=O) groups excluding carboxylic acids is 1. The highest BCUT2D eigenvalue weighted by atomic mass is 127. The summed E-state index contributed by atoms with van der Waals surface area (Å²) in [6.45, 7) is 2.24. The smallest absolute Gasteiger partial charge is 0.315 e. The van der Waals surface area contributed by atoms with Crippen LogP contribution in [0.3, 0.4) is 0 Å². The molecule has 90 valence electrons. The van der Waals surface area contributed by atoms with Crippen molar-refractivity contribution < 1.29 is 7.86 Å². The van der Waals surface area contributed by atoms with Gasteiger partial charge in [-0.25, -0.2) is 0 Å². The third kappa shape index (κ3) is 12.1. The van der Waals surface area contributed by atoms with E-state index < -0.39 is 0 Å². The quantitative estimate of drug-likeness (QED) is 0.426. The van der Waals surface area contributed by atoms with Crippen molar-refractivity contribution in [3.63, 3.8) is 0 Å². The molecule has 3 heteroatoms. The van der Waals surface area contributed by atoms with E-state index in [-0.39, 0.29) is 5.97 Å². The molecular weight excluding hydrogens is 303 g/mol. The first-order valence-electron chi connectivity index (χ1n) is 6.12. The molecule has 0 rings (SSSR count). The molecule has 0 amide bonds. The van der Waals surface area contributed by atoms with Gasteiger partial charge >= 0.3 is 5.97 Å². The van der Waals surface area contributed by atoms with Gasteiger partial charge in [0.05, 0.1) is 0 Å². The molecule has 0 aliphatic carbocycles. The van der Waals surface area contributed by atoms with E-state index in [0.717, 1.165) is 6.42 Å². The minimum absolute atomic E-state index is 0.0847. The maximum absolute atomic E-state index is 10.8. The molecule has 0 atom stereocenters. The molecular formula is C12H23IO2. The van der Waals surface area contributed by atoms with Gasteiger partial charge < -0.3 is 3.07 Å². The van der Waals surface area contributed by atoms with Crippen LogP contribution in [0.1, 0.15) is 71.1 Å². The van der Waals surface area contributed by atoms with Crippen LogP contribution in [0.5, 0.6) is 0 Å². The van der Waals surface area contributed by atoms with Gasteiger partial charge in [0.2, 0.25) is 0 Å². The Morgan fingerprint density at radius 1 is 0.933 bits per heavy atom. The normalized spacial score (nSPS) is 10.3. The van der Waals surface area contributed by atoms with Crippen LogP contribution in [0, 0.1) is 0 Å². The highest BCUT2D eigenvalue weighted by Crippen LogP contribution is 2.10. The van der Waals surface area contributed by atoms with Crippen LogP contribution >= 0.6 is 23.0 Å². The predicted octanol–water partition coefficient (Wildman–Crippen LogP) is 4.80. The van der Waals surface area contributed by atoms with Crippen molar-refractivity contribution in [1.82, 2.24) is 0 Å². The minimum atomic E-state index is -0.0847. The molecule has 0 aromatic rings. The maximum atomic E-state index is 10.8. The Bertz CT molecular complexity index is 149. The first-order valence-corrected chi connectivity index (χ1v) is 7.00. The largest absolute Gasteiger partial charge is 0.394 e. The predicted molar refractivity (Wildman–Crippen MR) is 72.0 cm³/mol. The average Bonchev–Trinajstić information content (AvgIpc) is 2.26. The van der Waals surface area contributed by atoms with Crippen LogP contribution < -0.4 is 0 Å². The second kappa shape index (κ2) is 12.3. The van der Waals surface area contributed by atoms with Crippen molar-refractivity contribution >= 4 is 29.0 Å². The third-order valence-corrected chi connectivity index (χ3v) is 3.06. The van der Waals surface area contributed by atoms with Crippen LogP contribution in [0.15, 0.2) is 0 Å². The Hall–Kier alpha value is 0.200. The fourth-order valence-corrected chi connectivity index (χ4v) is 1.84. The summed E-state index contributed by atoms with van der Waals surface area (Å²) in [5.74, 6) is -0.0847. The molecule has 0 saturated heterocycles. The van der Waals surface area contributed by atoms with Gasteiger partial charge in [-0.2, -0.15) is 0 Å². The van der Waals surface area contributed by atoms with Gasteiger partial charge in [-0.3, -0.25) is 4.79 Å². The Morgan fingerprint density at radius 2 is 1.40 bits per heavy atom. The second-order valence-corrected chi connectivity index (χ2v) is 4.47. The molecule has 0 aliphatic rings. The van der Waals surface area contributed by atoms with E-state index >= 15 is 0 Å². The van der Waals surface area contributed by atoms with Crippen LogP contribution in [-0.4, -0.2) is 5.97 Å². The first kappa shape index (κ1) is 15.2. The fraction of sp³-hybridized carbons (Fsp3) is 0.917. The highest BCUT2D eigenvalue weighted by Gasteiger charge is 1.99. The van der Waals surface area contributed by atoms with Gasteiger partial charge in [-0.15, -0.1) is 0 Å². The first-order chi connectivity index (χ1) is 7.31. The zero-order valence-corrected chi connectivity index (χ0v) is 11.9. The molecule has 0 heterocycles. The van der Waals surface area contributed by atoms with Crippen LogP contribution in [0.25, 0.3) is 0 Å². The van der Waals surface area contributed by atoms with E-state index in [0.29, 0.717) is 6.42 Å². The summed E-state index contributed by atoms with van der Waals surface area (Å²) in [5, 5.41) is 0. The van der Waals surface area contributed by atoms with Gasteiger partial charge in [-0.1, -0.05) is 58.3 Å². The van der Waals surface area contributed by atoms with Crippen LogP contribution in [0.2, 0.25) is 0 Å². The van der Waals surface area contributed by atoms with E-state index in [2.05, 4.69) is 9.99 Å². The fourth-order valence-electron chi connectivity index (χ4n) is 1.62. The number of carbonyl (C=O) groups is 1. The van der Waals surface area contributed by atoms with Crippen molar-refractivity contribution in [3.8, 4) is 0 Å². The summed E-state index contributed by atoms with van der Waals surface area (Å²) >= 11 is 1.65. The van der Waals surface area contributed by atoms with Crippen LogP contribution in [0.4, 0.5) is 0 Å². The van der Waals surface area contributed by atoms with Crippen molar-refractivity contribution in [3.05, 3.63) is 0 Å². The summed E-state index contributed by atoms with van der Waals surface area (Å²) in [6.07, 6.45) is 12.1. The molecule has 0 aromatic carbocycles. The SMILES string of the molecule is CCCCCCCCCCCC(=O)OI. The number of rotatable bonds is 10. The lowest BCUT2D eigenvalue weighted by atomic mass is 10.1. The highest BCUT2D eigenvalue weighted by molar-refractivity contribution is 14.1. The standard InChI is InChI=1S/C12H23IO2/c1-2-3-4-5-6-7-8-9-10-11-12(14)15-13/h2-11H2,1H3. The molecule has 0 radical (unpaired) electrons. The Kier molecular flexibility index (Phi) is 12.4. The second-order valence-electron chi connectivity index (χ2n) is 4.03. The maximum Gasteiger partial charge on any atom is 0.315 e. The molecule has 2 nitrogen and oxygen atoms in total. The van der Waals surface area contributed by atoms with Gasteiger partial charge in [0.15, 0.2) is 23.0 Å². The number of halogens is 1. The summed E-state index contributed by atoms with van der Waals surface area (Å²) in [7, 11) is 0. The summed E-state index contributed by atoms with van der Waals surface area (Å²) < 4.78 is 4.55. The monoisotopic (exact) mass is 326 g/mol. The van der Waals surface area contributed by atoms with E-state index in [1.165, 1.54) is 51.4 Å². The lowest BCUT2D eigenvalue weighted by Gasteiger charge is -2.00. The molecule has 0 spiro atoms. The van der Waals surface area contributed by atoms with E-state index in [1.807, 2.05) is 0 Å². The Morgan fingerprint density at radius 3 is 1.87 bits per heavy atom. The zero-order chi connectivity index (χ0) is 11.4. The molecule has 0 N–H and O–H groups in total. The molecule has 0 aromatic heterocycles. The van der Waals surface area contributed by atoms with E-state index in [1.54, 1.807) is 23.0 Å². The summed E-state index contributed by atoms with van der Waals surface area (Å²) in [6, 6.07) is 0. The molecule has 15 heavy (non-hydrogen) atoms. The zero-order valence-electron chi connectivity index (χ0n) is 9.77. The van der Waals surface area contributed by atoms with E-state index in [4.69, 9.17) is 0 Å². The lowest BCUT2D eigenvalue weighted by molar-refractivity contribution is -0.131. The third-order valence-electron chi connectivity index (χ3n) is 2.57. The number of hydrogen-bond donors (Lipinski definition) is 0. The molecule has 0 aliphatic heterocycles.